The van der Waals surface area contributed by atoms with E-state index in [2.05, 4.69) is 10.3 Å². The molecule has 6 heteroatoms. The number of halogens is 1. The van der Waals surface area contributed by atoms with Crippen LogP contribution in [-0.4, -0.2) is 42.7 Å². The number of anilines is 1. The third kappa shape index (κ3) is 3.89. The van der Waals surface area contributed by atoms with Crippen molar-refractivity contribution >= 4 is 11.7 Å². The molecule has 19 heavy (non-hydrogen) atoms. The van der Waals surface area contributed by atoms with Crippen molar-refractivity contribution in [1.82, 2.24) is 9.88 Å². The van der Waals surface area contributed by atoms with Gasteiger partial charge in [0.05, 0.1) is 18.5 Å². The summed E-state index contributed by atoms with van der Waals surface area (Å²) in [7, 11) is 1.70. The zero-order valence-corrected chi connectivity index (χ0v) is 10.9. The molecule has 1 N–H and O–H groups in total. The van der Waals surface area contributed by atoms with Gasteiger partial charge in [-0.2, -0.15) is 0 Å². The Hall–Kier alpha value is -1.69. The van der Waals surface area contributed by atoms with Gasteiger partial charge >= 0.3 is 6.03 Å². The second-order valence-electron chi connectivity index (χ2n) is 4.75. The highest BCUT2D eigenvalue weighted by molar-refractivity contribution is 5.89. The minimum atomic E-state index is -0.537. The molecule has 104 valence electrons. The van der Waals surface area contributed by atoms with E-state index in [1.807, 2.05) is 0 Å². The number of carbonyl (C=O) groups excluding carboxylic acids is 1. The van der Waals surface area contributed by atoms with Crippen LogP contribution in [0, 0.1) is 11.7 Å². The molecule has 2 heterocycles. The zero-order valence-electron chi connectivity index (χ0n) is 10.9. The van der Waals surface area contributed by atoms with E-state index in [9.17, 15) is 9.18 Å². The van der Waals surface area contributed by atoms with E-state index in [-0.39, 0.29) is 11.7 Å². The van der Waals surface area contributed by atoms with Crippen LogP contribution < -0.4 is 5.32 Å². The number of amides is 2. The molecule has 1 aliphatic rings. The fourth-order valence-electron chi connectivity index (χ4n) is 2.11. The molecule has 2 amide bonds. The summed E-state index contributed by atoms with van der Waals surface area (Å²) in [5.74, 6) is -0.183. The Morgan fingerprint density at radius 2 is 2.53 bits per heavy atom. The Bertz CT molecular complexity index is 436. The molecule has 1 aromatic rings. The molecule has 0 radical (unpaired) electrons. The van der Waals surface area contributed by atoms with Crippen molar-refractivity contribution in [1.29, 1.82) is 0 Å². The molecule has 1 atom stereocenters. The van der Waals surface area contributed by atoms with Crippen LogP contribution in [-0.2, 0) is 4.74 Å². The summed E-state index contributed by atoms with van der Waals surface area (Å²) in [4.78, 5) is 17.1. The summed E-state index contributed by atoms with van der Waals surface area (Å²) in [6.07, 6.45) is 4.60. The van der Waals surface area contributed by atoms with E-state index in [0.29, 0.717) is 19.1 Å². The first-order valence-electron chi connectivity index (χ1n) is 6.36. The van der Waals surface area contributed by atoms with Gasteiger partial charge in [-0.05, 0) is 18.9 Å². The summed E-state index contributed by atoms with van der Waals surface area (Å²) in [5, 5.41) is 2.53. The molecule has 5 nitrogen and oxygen atoms in total. The summed E-state index contributed by atoms with van der Waals surface area (Å²) >= 11 is 0. The van der Waals surface area contributed by atoms with Crippen LogP contribution in [0.5, 0.6) is 0 Å². The van der Waals surface area contributed by atoms with Gasteiger partial charge in [-0.3, -0.25) is 4.98 Å². The molecule has 0 spiro atoms. The van der Waals surface area contributed by atoms with E-state index in [0.717, 1.165) is 25.6 Å². The van der Waals surface area contributed by atoms with Gasteiger partial charge in [0.1, 0.15) is 0 Å². The maximum absolute atomic E-state index is 13.4. The van der Waals surface area contributed by atoms with Crippen LogP contribution in [0.25, 0.3) is 0 Å². The van der Waals surface area contributed by atoms with Crippen LogP contribution in [0.1, 0.15) is 12.8 Å². The van der Waals surface area contributed by atoms with Crippen molar-refractivity contribution in [3.63, 3.8) is 0 Å². The van der Waals surface area contributed by atoms with E-state index in [1.54, 1.807) is 11.9 Å². The molecule has 1 saturated heterocycles. The van der Waals surface area contributed by atoms with Gasteiger partial charge < -0.3 is 15.0 Å². The lowest BCUT2D eigenvalue weighted by molar-refractivity contribution is 0.0464. The maximum atomic E-state index is 13.4. The van der Waals surface area contributed by atoms with Gasteiger partial charge in [-0.15, -0.1) is 0 Å². The molecule has 1 aliphatic heterocycles. The number of ether oxygens (including phenoxy) is 1. The number of hydrogen-bond acceptors (Lipinski definition) is 3. The minimum absolute atomic E-state index is 0.145. The van der Waals surface area contributed by atoms with Crippen LogP contribution in [0.3, 0.4) is 0 Å². The molecule has 0 aromatic carbocycles. The first kappa shape index (κ1) is 13.7. The van der Waals surface area contributed by atoms with E-state index < -0.39 is 5.82 Å². The first-order valence-corrected chi connectivity index (χ1v) is 6.36. The third-order valence-electron chi connectivity index (χ3n) is 3.15. The number of rotatable bonds is 3. The fraction of sp³-hybridized carbons (Fsp3) is 0.538. The quantitative estimate of drug-likeness (QED) is 0.912. The lowest BCUT2D eigenvalue weighted by Crippen LogP contribution is -2.37. The number of nitrogens with one attached hydrogen (secondary N) is 1. The molecule has 0 saturated carbocycles. The van der Waals surface area contributed by atoms with Crippen molar-refractivity contribution < 1.29 is 13.9 Å². The van der Waals surface area contributed by atoms with Gasteiger partial charge in [0.25, 0.3) is 0 Å². The normalized spacial score (nSPS) is 18.9. The van der Waals surface area contributed by atoms with Crippen molar-refractivity contribution in [3.05, 3.63) is 24.3 Å². The second-order valence-corrected chi connectivity index (χ2v) is 4.75. The number of urea groups is 1. The average molecular weight is 267 g/mol. The fourth-order valence-corrected chi connectivity index (χ4v) is 2.11. The van der Waals surface area contributed by atoms with Gasteiger partial charge in [-0.25, -0.2) is 9.18 Å². The number of carbonyl (C=O) groups is 1. The molecule has 0 unspecified atom stereocenters. The maximum Gasteiger partial charge on any atom is 0.321 e. The van der Waals surface area contributed by atoms with Gasteiger partial charge in [0.15, 0.2) is 5.82 Å². The molecule has 0 bridgehead atoms. The van der Waals surface area contributed by atoms with Crippen LogP contribution in [0.15, 0.2) is 18.5 Å². The lowest BCUT2D eigenvalue weighted by Gasteiger charge is -2.27. The molecule has 2 rings (SSSR count). The van der Waals surface area contributed by atoms with Gasteiger partial charge in [0.2, 0.25) is 0 Å². The minimum Gasteiger partial charge on any atom is -0.381 e. The molecular formula is C13H18FN3O2. The zero-order chi connectivity index (χ0) is 13.7. The highest BCUT2D eigenvalue weighted by atomic mass is 19.1. The molecule has 1 fully saturated rings. The third-order valence-corrected chi connectivity index (χ3v) is 3.15. The first-order chi connectivity index (χ1) is 9.16. The summed E-state index contributed by atoms with van der Waals surface area (Å²) in [5.41, 5.74) is 0.145. The Morgan fingerprint density at radius 1 is 1.68 bits per heavy atom. The van der Waals surface area contributed by atoms with E-state index in [1.165, 1.54) is 12.3 Å². The van der Waals surface area contributed by atoms with Crippen LogP contribution in [0.4, 0.5) is 14.9 Å². The second kappa shape index (κ2) is 6.47. The number of hydrogen-bond donors (Lipinski definition) is 1. The van der Waals surface area contributed by atoms with Crippen molar-refractivity contribution in [3.8, 4) is 0 Å². The number of nitrogens with zero attached hydrogens (tertiary/aromatic N) is 2. The topological polar surface area (TPSA) is 54.5 Å². The Morgan fingerprint density at radius 3 is 3.21 bits per heavy atom. The SMILES string of the molecule is CN(C[C@H]1CCCOC1)C(=O)Nc1ccncc1F. The predicted molar refractivity (Wildman–Crippen MR) is 69.4 cm³/mol. The van der Waals surface area contributed by atoms with E-state index >= 15 is 0 Å². The Balaban J connectivity index is 1.87. The average Bonchev–Trinajstić information content (AvgIpc) is 2.42. The highest BCUT2D eigenvalue weighted by Crippen LogP contribution is 2.16. The summed E-state index contributed by atoms with van der Waals surface area (Å²) in [6, 6.07) is 1.11. The Kier molecular flexibility index (Phi) is 4.68. The smallest absolute Gasteiger partial charge is 0.321 e. The van der Waals surface area contributed by atoms with Crippen molar-refractivity contribution in [2.24, 2.45) is 5.92 Å². The lowest BCUT2D eigenvalue weighted by atomic mass is 10.0. The van der Waals surface area contributed by atoms with Crippen molar-refractivity contribution in [2.45, 2.75) is 12.8 Å². The number of pyridine rings is 1. The molecule has 0 aliphatic carbocycles. The monoisotopic (exact) mass is 267 g/mol. The largest absolute Gasteiger partial charge is 0.381 e. The van der Waals surface area contributed by atoms with Crippen molar-refractivity contribution in [2.75, 3.05) is 32.1 Å². The van der Waals surface area contributed by atoms with Crippen LogP contribution >= 0.6 is 0 Å². The molecule has 1 aromatic heterocycles. The highest BCUT2D eigenvalue weighted by Gasteiger charge is 2.19. The standard InChI is InChI=1S/C13H18FN3O2/c1-17(8-10-3-2-6-19-9-10)13(18)16-12-4-5-15-7-11(12)14/h4-5,7,10H,2-3,6,8-9H2,1H3,(H,15,16,18)/t10-/m1/s1. The molecular weight excluding hydrogens is 249 g/mol. The summed E-state index contributed by atoms with van der Waals surface area (Å²) in [6.45, 7) is 2.09. The Labute approximate surface area is 111 Å². The number of aromatic nitrogens is 1. The van der Waals surface area contributed by atoms with Gasteiger partial charge in [0, 0.05) is 32.3 Å². The van der Waals surface area contributed by atoms with Gasteiger partial charge in [-0.1, -0.05) is 0 Å². The van der Waals surface area contributed by atoms with E-state index in [4.69, 9.17) is 4.74 Å². The van der Waals surface area contributed by atoms with Crippen LogP contribution in [0.2, 0.25) is 0 Å². The predicted octanol–water partition coefficient (Wildman–Crippen LogP) is 2.11. The summed E-state index contributed by atoms with van der Waals surface area (Å²) < 4.78 is 18.7.